The van der Waals surface area contributed by atoms with Crippen LogP contribution in [0.2, 0.25) is 0 Å². The standard InChI is InChI=1S/C16H25N3O/c1-7-15(20)19-11(3)10-18-13(12(19)4)9-14(17-18)16(5,6)8-2/h7,9,11-12H,1,8,10H2,2-6H3. The van der Waals surface area contributed by atoms with Crippen LogP contribution in [0.25, 0.3) is 0 Å². The van der Waals surface area contributed by atoms with Gasteiger partial charge in [0.1, 0.15) is 0 Å². The summed E-state index contributed by atoms with van der Waals surface area (Å²) in [6, 6.07) is 2.34. The van der Waals surface area contributed by atoms with E-state index in [2.05, 4.69) is 51.9 Å². The molecule has 0 saturated heterocycles. The highest BCUT2D eigenvalue weighted by Crippen LogP contribution is 2.33. The Morgan fingerprint density at radius 1 is 1.55 bits per heavy atom. The van der Waals surface area contributed by atoms with Crippen molar-refractivity contribution >= 4 is 5.91 Å². The topological polar surface area (TPSA) is 38.1 Å². The van der Waals surface area contributed by atoms with E-state index in [-0.39, 0.29) is 23.4 Å². The van der Waals surface area contributed by atoms with Crippen LogP contribution in [0, 0.1) is 0 Å². The Labute approximate surface area is 121 Å². The molecule has 0 bridgehead atoms. The maximum atomic E-state index is 12.0. The summed E-state index contributed by atoms with van der Waals surface area (Å²) in [6.45, 7) is 15.1. The molecule has 1 aliphatic rings. The molecule has 2 unspecified atom stereocenters. The van der Waals surface area contributed by atoms with E-state index >= 15 is 0 Å². The Balaban J connectivity index is 2.41. The molecule has 2 rings (SSSR count). The van der Waals surface area contributed by atoms with Crippen molar-refractivity contribution in [1.29, 1.82) is 0 Å². The second kappa shape index (κ2) is 5.08. The van der Waals surface area contributed by atoms with Gasteiger partial charge in [-0.25, -0.2) is 0 Å². The molecular weight excluding hydrogens is 250 g/mol. The van der Waals surface area contributed by atoms with Crippen LogP contribution in [0.3, 0.4) is 0 Å². The van der Waals surface area contributed by atoms with E-state index in [9.17, 15) is 4.79 Å². The Morgan fingerprint density at radius 3 is 2.75 bits per heavy atom. The first kappa shape index (κ1) is 14.8. The second-order valence-corrected chi connectivity index (χ2v) is 6.35. The third-order valence-electron chi connectivity index (χ3n) is 4.57. The lowest BCUT2D eigenvalue weighted by Gasteiger charge is -2.38. The Hall–Kier alpha value is -1.58. The van der Waals surface area contributed by atoms with Crippen molar-refractivity contribution in [2.45, 2.75) is 65.1 Å². The van der Waals surface area contributed by atoms with Gasteiger partial charge in [-0.15, -0.1) is 0 Å². The lowest BCUT2D eigenvalue weighted by molar-refractivity contribution is -0.131. The highest BCUT2D eigenvalue weighted by atomic mass is 16.2. The minimum atomic E-state index is -0.00579. The van der Waals surface area contributed by atoms with Gasteiger partial charge in [0.05, 0.1) is 24.0 Å². The van der Waals surface area contributed by atoms with Gasteiger partial charge >= 0.3 is 0 Å². The molecule has 4 heteroatoms. The molecule has 1 aliphatic heterocycles. The molecule has 0 N–H and O–H groups in total. The zero-order valence-electron chi connectivity index (χ0n) is 13.2. The third-order valence-corrected chi connectivity index (χ3v) is 4.57. The van der Waals surface area contributed by atoms with Gasteiger partial charge in [0.15, 0.2) is 0 Å². The van der Waals surface area contributed by atoms with Gasteiger partial charge in [-0.2, -0.15) is 5.10 Å². The summed E-state index contributed by atoms with van der Waals surface area (Å²) in [7, 11) is 0. The summed E-state index contributed by atoms with van der Waals surface area (Å²) in [5.74, 6) is -0.00579. The van der Waals surface area contributed by atoms with Gasteiger partial charge in [-0.05, 0) is 32.4 Å². The predicted molar refractivity (Wildman–Crippen MR) is 80.5 cm³/mol. The zero-order chi connectivity index (χ0) is 15.1. The van der Waals surface area contributed by atoms with E-state index in [0.29, 0.717) is 0 Å². The number of amides is 1. The SMILES string of the molecule is C=CC(=O)N1C(C)Cn2nc(C(C)(C)CC)cc2C1C. The molecule has 20 heavy (non-hydrogen) atoms. The fraction of sp³-hybridized carbons (Fsp3) is 0.625. The summed E-state index contributed by atoms with van der Waals surface area (Å²) in [5.41, 5.74) is 2.30. The van der Waals surface area contributed by atoms with Crippen molar-refractivity contribution in [3.05, 3.63) is 30.1 Å². The number of aromatic nitrogens is 2. The number of fused-ring (bicyclic) bond motifs is 1. The van der Waals surface area contributed by atoms with Gasteiger partial charge in [-0.1, -0.05) is 27.4 Å². The molecule has 0 fully saturated rings. The molecule has 110 valence electrons. The lowest BCUT2D eigenvalue weighted by atomic mass is 9.86. The Morgan fingerprint density at radius 2 is 2.20 bits per heavy atom. The minimum absolute atomic E-state index is 0.00579. The molecule has 1 aromatic rings. The van der Waals surface area contributed by atoms with E-state index in [0.717, 1.165) is 24.4 Å². The predicted octanol–water partition coefficient (Wildman–Crippen LogP) is 3.05. The summed E-state index contributed by atoms with van der Waals surface area (Å²) in [6.07, 6.45) is 2.44. The number of carbonyl (C=O) groups excluding carboxylic acids is 1. The monoisotopic (exact) mass is 275 g/mol. The van der Waals surface area contributed by atoms with Crippen molar-refractivity contribution < 1.29 is 4.79 Å². The quantitative estimate of drug-likeness (QED) is 0.795. The van der Waals surface area contributed by atoms with E-state index in [1.165, 1.54) is 6.08 Å². The first-order valence-electron chi connectivity index (χ1n) is 7.34. The number of rotatable bonds is 3. The van der Waals surface area contributed by atoms with Crippen molar-refractivity contribution in [3.63, 3.8) is 0 Å². The smallest absolute Gasteiger partial charge is 0.246 e. The highest BCUT2D eigenvalue weighted by Gasteiger charge is 2.34. The number of hydrogen-bond acceptors (Lipinski definition) is 2. The van der Waals surface area contributed by atoms with Crippen LogP contribution in [-0.2, 0) is 16.8 Å². The molecule has 1 aromatic heterocycles. The minimum Gasteiger partial charge on any atom is -0.326 e. The molecule has 0 saturated carbocycles. The summed E-state index contributed by atoms with van der Waals surface area (Å²) in [5, 5.41) is 4.77. The van der Waals surface area contributed by atoms with Gasteiger partial charge in [0.25, 0.3) is 0 Å². The van der Waals surface area contributed by atoms with Crippen molar-refractivity contribution in [3.8, 4) is 0 Å². The van der Waals surface area contributed by atoms with Crippen LogP contribution < -0.4 is 0 Å². The largest absolute Gasteiger partial charge is 0.326 e. The summed E-state index contributed by atoms with van der Waals surface area (Å²) < 4.78 is 2.06. The molecule has 4 nitrogen and oxygen atoms in total. The first-order valence-corrected chi connectivity index (χ1v) is 7.34. The Bertz CT molecular complexity index is 530. The molecular formula is C16H25N3O. The number of hydrogen-bond donors (Lipinski definition) is 0. The van der Waals surface area contributed by atoms with Crippen LogP contribution in [0.4, 0.5) is 0 Å². The van der Waals surface area contributed by atoms with Gasteiger partial charge in [0.2, 0.25) is 5.91 Å². The lowest BCUT2D eigenvalue weighted by Crippen LogP contribution is -2.46. The van der Waals surface area contributed by atoms with E-state index in [4.69, 9.17) is 5.10 Å². The van der Waals surface area contributed by atoms with Crippen LogP contribution in [-0.4, -0.2) is 26.6 Å². The van der Waals surface area contributed by atoms with Crippen molar-refractivity contribution in [1.82, 2.24) is 14.7 Å². The van der Waals surface area contributed by atoms with E-state index < -0.39 is 0 Å². The maximum absolute atomic E-state index is 12.0. The number of nitrogens with zero attached hydrogens (tertiary/aromatic N) is 3. The molecule has 0 aliphatic carbocycles. The molecule has 0 aromatic carbocycles. The first-order chi connectivity index (χ1) is 9.31. The van der Waals surface area contributed by atoms with Crippen molar-refractivity contribution in [2.24, 2.45) is 0 Å². The molecule has 2 atom stereocenters. The normalized spacial score (nSPS) is 22.6. The van der Waals surface area contributed by atoms with Crippen molar-refractivity contribution in [2.75, 3.05) is 0 Å². The van der Waals surface area contributed by atoms with E-state index in [1.807, 2.05) is 4.90 Å². The molecule has 0 radical (unpaired) electrons. The van der Waals surface area contributed by atoms with Gasteiger partial charge < -0.3 is 4.90 Å². The molecule has 1 amide bonds. The summed E-state index contributed by atoms with van der Waals surface area (Å²) >= 11 is 0. The Kier molecular flexibility index (Phi) is 3.76. The molecule has 2 heterocycles. The van der Waals surface area contributed by atoms with E-state index in [1.54, 1.807) is 0 Å². The fourth-order valence-electron chi connectivity index (χ4n) is 2.80. The third kappa shape index (κ3) is 2.28. The number of carbonyl (C=O) groups is 1. The highest BCUT2D eigenvalue weighted by molar-refractivity contribution is 5.87. The van der Waals surface area contributed by atoms with Crippen LogP contribution in [0.15, 0.2) is 18.7 Å². The fourth-order valence-corrected chi connectivity index (χ4v) is 2.80. The maximum Gasteiger partial charge on any atom is 0.246 e. The second-order valence-electron chi connectivity index (χ2n) is 6.35. The summed E-state index contributed by atoms with van der Waals surface area (Å²) in [4.78, 5) is 13.9. The van der Waals surface area contributed by atoms with Gasteiger partial charge in [-0.3, -0.25) is 9.48 Å². The average molecular weight is 275 g/mol. The molecule has 0 spiro atoms. The van der Waals surface area contributed by atoms with Crippen LogP contribution >= 0.6 is 0 Å². The zero-order valence-corrected chi connectivity index (χ0v) is 13.2. The van der Waals surface area contributed by atoms with Gasteiger partial charge in [0, 0.05) is 11.5 Å². The average Bonchev–Trinajstić information content (AvgIpc) is 2.83. The van der Waals surface area contributed by atoms with Crippen LogP contribution in [0.5, 0.6) is 0 Å². The van der Waals surface area contributed by atoms with Crippen LogP contribution in [0.1, 0.15) is 58.5 Å².